The fraction of sp³-hybridized carbons (Fsp3) is 0.794. The van der Waals surface area contributed by atoms with Crippen LogP contribution in [0, 0.1) is 0 Å². The normalized spacial score (nSPS) is 15.7. The molecule has 0 aliphatic rings. The van der Waals surface area contributed by atoms with Gasteiger partial charge in [-0.2, -0.15) is 0 Å². The second kappa shape index (κ2) is 30.3. The van der Waals surface area contributed by atoms with Gasteiger partial charge >= 0.3 is 7.82 Å². The number of nitrogens with two attached hydrogens (primary N) is 1. The summed E-state index contributed by atoms with van der Waals surface area (Å²) in [4.78, 5) is 22.5. The molecule has 0 aromatic carbocycles. The van der Waals surface area contributed by atoms with Crippen LogP contribution in [-0.2, 0) is 18.4 Å². The average molecular weight is 645 g/mol. The highest BCUT2D eigenvalue weighted by Gasteiger charge is 2.27. The fourth-order valence-corrected chi connectivity index (χ4v) is 5.34. The minimum atomic E-state index is -4.39. The molecule has 9 nitrogen and oxygen atoms in total. The van der Waals surface area contributed by atoms with Crippen LogP contribution in [0.15, 0.2) is 36.5 Å². The molecule has 0 radical (unpaired) electrons. The molecule has 0 saturated carbocycles. The molecule has 0 heterocycles. The van der Waals surface area contributed by atoms with Gasteiger partial charge in [-0.25, -0.2) is 4.57 Å². The molecule has 0 aliphatic carbocycles. The summed E-state index contributed by atoms with van der Waals surface area (Å²) in [6.45, 7) is 3.82. The average Bonchev–Trinajstić information content (AvgIpc) is 2.99. The number of carbonyl (C=O) groups is 1. The van der Waals surface area contributed by atoms with Crippen molar-refractivity contribution >= 4 is 13.7 Å². The van der Waals surface area contributed by atoms with Gasteiger partial charge in [-0.1, -0.05) is 115 Å². The summed E-state index contributed by atoms with van der Waals surface area (Å²) < 4.78 is 21.8. The highest BCUT2D eigenvalue weighted by molar-refractivity contribution is 7.47. The number of unbranched alkanes of at least 4 members (excludes halogenated alkanes) is 13. The Bertz CT molecular complexity index is 806. The van der Waals surface area contributed by atoms with E-state index < -0.39 is 38.6 Å². The van der Waals surface area contributed by atoms with Gasteiger partial charge in [0.1, 0.15) is 0 Å². The maximum Gasteiger partial charge on any atom is 0.472 e. The van der Waals surface area contributed by atoms with Gasteiger partial charge < -0.3 is 26.2 Å². The standard InChI is InChI=1S/C34H65N2O7P/c1-3-5-7-9-11-13-14-15-16-17-18-19-21-23-25-31(37)29-34(39)36-32(30-43-44(40,41)42-28-27-35)33(38)26-24-22-20-12-10-8-6-4-2/h10,12,16-17,24,26,31-33,37-38H,3-9,11,13-15,18-23,25,27-30,35H2,1-2H3,(H,36,39)(H,40,41)/b12-10+,17-16-,26-24+. The van der Waals surface area contributed by atoms with E-state index in [-0.39, 0.29) is 19.6 Å². The van der Waals surface area contributed by atoms with Crippen molar-refractivity contribution in [1.82, 2.24) is 5.32 Å². The number of rotatable bonds is 31. The Morgan fingerprint density at radius 3 is 1.95 bits per heavy atom. The second-order valence-electron chi connectivity index (χ2n) is 11.5. The fourth-order valence-electron chi connectivity index (χ4n) is 4.58. The minimum Gasteiger partial charge on any atom is -0.393 e. The molecule has 0 fully saturated rings. The van der Waals surface area contributed by atoms with Crippen LogP contribution in [0.3, 0.4) is 0 Å². The van der Waals surface area contributed by atoms with Gasteiger partial charge in [-0.05, 0) is 51.4 Å². The highest BCUT2D eigenvalue weighted by Crippen LogP contribution is 2.43. The number of hydrogen-bond donors (Lipinski definition) is 5. The molecular formula is C34H65N2O7P. The van der Waals surface area contributed by atoms with Crippen LogP contribution in [0.4, 0.5) is 0 Å². The third-order valence-corrected chi connectivity index (χ3v) is 8.23. The first-order valence-corrected chi connectivity index (χ1v) is 18.7. The number of aliphatic hydroxyl groups is 2. The Kier molecular flexibility index (Phi) is 29.4. The molecule has 0 aliphatic heterocycles. The SMILES string of the molecule is CCCC/C=C/CC/C=C/C(O)C(COP(=O)(O)OCCN)NC(=O)CC(O)CCCCC/C=C\CCCCCCCCC. The smallest absolute Gasteiger partial charge is 0.393 e. The van der Waals surface area contributed by atoms with Gasteiger partial charge in [-0.15, -0.1) is 0 Å². The maximum absolute atomic E-state index is 12.7. The van der Waals surface area contributed by atoms with Crippen molar-refractivity contribution < 1.29 is 33.5 Å². The van der Waals surface area contributed by atoms with Gasteiger partial charge in [0.15, 0.2) is 0 Å². The third kappa shape index (κ3) is 28.2. The van der Waals surface area contributed by atoms with Crippen molar-refractivity contribution in [1.29, 1.82) is 0 Å². The third-order valence-electron chi connectivity index (χ3n) is 7.24. The number of phosphoric ester groups is 1. The van der Waals surface area contributed by atoms with Gasteiger partial charge in [0, 0.05) is 6.54 Å². The molecule has 0 aromatic heterocycles. The summed E-state index contributed by atoms with van der Waals surface area (Å²) in [7, 11) is -4.39. The Labute approximate surface area is 268 Å². The van der Waals surface area contributed by atoms with Crippen molar-refractivity contribution in [2.75, 3.05) is 19.8 Å². The zero-order valence-electron chi connectivity index (χ0n) is 27.8. The van der Waals surface area contributed by atoms with Crippen LogP contribution < -0.4 is 11.1 Å². The van der Waals surface area contributed by atoms with E-state index >= 15 is 0 Å². The lowest BCUT2D eigenvalue weighted by Gasteiger charge is -2.24. The number of phosphoric acid groups is 1. The molecule has 4 atom stereocenters. The van der Waals surface area contributed by atoms with Gasteiger partial charge in [0.2, 0.25) is 5.91 Å². The van der Waals surface area contributed by atoms with E-state index in [9.17, 15) is 24.5 Å². The zero-order valence-corrected chi connectivity index (χ0v) is 28.6. The Morgan fingerprint density at radius 1 is 0.773 bits per heavy atom. The minimum absolute atomic E-state index is 0.0419. The molecule has 10 heteroatoms. The molecule has 0 spiro atoms. The summed E-state index contributed by atoms with van der Waals surface area (Å²) in [6, 6.07) is -0.999. The summed E-state index contributed by atoms with van der Waals surface area (Å²) >= 11 is 0. The van der Waals surface area contributed by atoms with E-state index in [0.29, 0.717) is 12.8 Å². The number of carbonyl (C=O) groups excluding carboxylic acids is 1. The number of hydrogen-bond acceptors (Lipinski definition) is 7. The van der Waals surface area contributed by atoms with Crippen LogP contribution in [0.25, 0.3) is 0 Å². The van der Waals surface area contributed by atoms with Gasteiger partial charge in [0.25, 0.3) is 0 Å². The number of aliphatic hydroxyl groups excluding tert-OH is 2. The first-order chi connectivity index (χ1) is 21.3. The topological polar surface area (TPSA) is 151 Å². The molecule has 44 heavy (non-hydrogen) atoms. The highest BCUT2D eigenvalue weighted by atomic mass is 31.2. The molecule has 6 N–H and O–H groups in total. The van der Waals surface area contributed by atoms with Crippen LogP contribution in [0.1, 0.15) is 136 Å². The van der Waals surface area contributed by atoms with Crippen LogP contribution >= 0.6 is 7.82 Å². The van der Waals surface area contributed by atoms with Crippen LogP contribution in [-0.4, -0.2) is 59.0 Å². The predicted molar refractivity (Wildman–Crippen MR) is 181 cm³/mol. The quantitative estimate of drug-likeness (QED) is 0.0297. The van der Waals surface area contributed by atoms with E-state index in [2.05, 4.69) is 43.5 Å². The largest absolute Gasteiger partial charge is 0.472 e. The van der Waals surface area contributed by atoms with Crippen molar-refractivity contribution in [3.8, 4) is 0 Å². The van der Waals surface area contributed by atoms with E-state index in [4.69, 9.17) is 14.8 Å². The number of nitrogens with one attached hydrogen (secondary N) is 1. The summed E-state index contributed by atoms with van der Waals surface area (Å²) in [6.07, 6.45) is 29.7. The summed E-state index contributed by atoms with van der Waals surface area (Å²) in [5.74, 6) is -0.471. The van der Waals surface area contributed by atoms with Crippen molar-refractivity contribution in [3.05, 3.63) is 36.5 Å². The lowest BCUT2D eigenvalue weighted by molar-refractivity contribution is -0.124. The van der Waals surface area contributed by atoms with Crippen LogP contribution in [0.2, 0.25) is 0 Å². The lowest BCUT2D eigenvalue weighted by Crippen LogP contribution is -2.46. The summed E-state index contributed by atoms with van der Waals surface area (Å²) in [5, 5.41) is 23.7. The van der Waals surface area contributed by atoms with Crippen LogP contribution in [0.5, 0.6) is 0 Å². The monoisotopic (exact) mass is 644 g/mol. The van der Waals surface area contributed by atoms with E-state index in [1.165, 1.54) is 51.0 Å². The zero-order chi connectivity index (χ0) is 32.7. The molecule has 1 amide bonds. The van der Waals surface area contributed by atoms with E-state index in [1.54, 1.807) is 6.08 Å². The molecule has 0 aromatic rings. The Balaban J connectivity index is 4.47. The number of allylic oxidation sites excluding steroid dienone is 5. The van der Waals surface area contributed by atoms with Gasteiger partial charge in [-0.3, -0.25) is 13.8 Å². The lowest BCUT2D eigenvalue weighted by atomic mass is 10.1. The summed E-state index contributed by atoms with van der Waals surface area (Å²) in [5.41, 5.74) is 5.31. The first-order valence-electron chi connectivity index (χ1n) is 17.2. The predicted octanol–water partition coefficient (Wildman–Crippen LogP) is 7.41. The number of amides is 1. The maximum atomic E-state index is 12.7. The molecule has 0 saturated heterocycles. The van der Waals surface area contributed by atoms with Gasteiger partial charge in [0.05, 0.1) is 37.9 Å². The molecule has 4 unspecified atom stereocenters. The first kappa shape index (κ1) is 42.7. The molecular weight excluding hydrogens is 579 g/mol. The molecule has 0 bridgehead atoms. The Morgan fingerprint density at radius 2 is 1.32 bits per heavy atom. The molecule has 258 valence electrons. The van der Waals surface area contributed by atoms with Crippen molar-refractivity contribution in [2.45, 2.75) is 154 Å². The van der Waals surface area contributed by atoms with E-state index in [0.717, 1.165) is 57.8 Å². The van der Waals surface area contributed by atoms with Crippen molar-refractivity contribution in [3.63, 3.8) is 0 Å². The van der Waals surface area contributed by atoms with Crippen molar-refractivity contribution in [2.24, 2.45) is 5.73 Å². The Hall–Kier alpha value is -1.32. The molecule has 0 rings (SSSR count). The second-order valence-corrected chi connectivity index (χ2v) is 13.0. The van der Waals surface area contributed by atoms with E-state index in [1.807, 2.05) is 0 Å².